The molecule has 0 aromatic heterocycles. The molecule has 1 spiro atoms. The van der Waals surface area contributed by atoms with E-state index < -0.39 is 5.66 Å². The predicted octanol–water partition coefficient (Wildman–Crippen LogP) is 8.21. The van der Waals surface area contributed by atoms with E-state index in [2.05, 4.69) is 39.5 Å². The molecule has 6 nitrogen and oxygen atoms in total. The highest BCUT2D eigenvalue weighted by molar-refractivity contribution is 6.47. The lowest BCUT2D eigenvalue weighted by Gasteiger charge is -2.47. The maximum absolute atomic E-state index is 14.5. The Hall–Kier alpha value is -2.41. The molecule has 2 aliphatic heterocycles. The Morgan fingerprint density at radius 1 is 1.00 bits per heavy atom. The summed E-state index contributed by atoms with van der Waals surface area (Å²) in [6, 6.07) is 12.5. The van der Waals surface area contributed by atoms with Crippen molar-refractivity contribution in [2.24, 2.45) is 16.3 Å². The molecule has 228 valence electrons. The van der Waals surface area contributed by atoms with Crippen LogP contribution in [-0.4, -0.2) is 58.8 Å². The zero-order chi connectivity index (χ0) is 30.8. The second kappa shape index (κ2) is 13.1. The second-order valence-corrected chi connectivity index (χ2v) is 14.5. The van der Waals surface area contributed by atoms with Crippen molar-refractivity contribution >= 4 is 40.8 Å². The summed E-state index contributed by atoms with van der Waals surface area (Å²) < 4.78 is 5.41. The van der Waals surface area contributed by atoms with E-state index in [9.17, 15) is 9.59 Å². The lowest BCUT2D eigenvalue weighted by molar-refractivity contribution is -0.134. The van der Waals surface area contributed by atoms with Crippen LogP contribution in [0.15, 0.2) is 47.5 Å². The number of carbonyl (C=O) groups is 2. The predicted molar refractivity (Wildman–Crippen MR) is 172 cm³/mol. The largest absolute Gasteiger partial charge is 0.459 e. The number of aliphatic imine (C=N–C) groups is 1. The molecule has 8 heteroatoms. The van der Waals surface area contributed by atoms with Gasteiger partial charge in [-0.2, -0.15) is 0 Å². The van der Waals surface area contributed by atoms with Crippen LogP contribution in [0.25, 0.3) is 0 Å². The maximum Gasteiger partial charge on any atom is 0.338 e. The Morgan fingerprint density at radius 2 is 1.60 bits per heavy atom. The van der Waals surface area contributed by atoms with Crippen molar-refractivity contribution in [1.82, 2.24) is 9.80 Å². The van der Waals surface area contributed by atoms with Crippen LogP contribution < -0.4 is 0 Å². The minimum Gasteiger partial charge on any atom is -0.459 e. The first-order valence-electron chi connectivity index (χ1n) is 15.1. The number of piperidine rings is 1. The van der Waals surface area contributed by atoms with Crippen LogP contribution in [0.2, 0.25) is 10.0 Å². The third-order valence-corrected chi connectivity index (χ3v) is 8.40. The van der Waals surface area contributed by atoms with E-state index >= 15 is 0 Å². The normalized spacial score (nSPS) is 18.2. The van der Waals surface area contributed by atoms with Crippen LogP contribution in [0.5, 0.6) is 0 Å². The number of benzene rings is 2. The number of hydrogen-bond acceptors (Lipinski definition) is 5. The lowest BCUT2D eigenvalue weighted by atomic mass is 9.84. The summed E-state index contributed by atoms with van der Waals surface area (Å²) in [5.41, 5.74) is 1.93. The molecule has 2 aromatic carbocycles. The van der Waals surface area contributed by atoms with Crippen LogP contribution in [0, 0.1) is 11.3 Å². The van der Waals surface area contributed by atoms with Crippen LogP contribution in [0.4, 0.5) is 0 Å². The van der Waals surface area contributed by atoms with Gasteiger partial charge < -0.3 is 14.5 Å². The standard InChI is InChI=1S/C34H45Cl2N3O3/c1-22(2)21-38-16-14-34(15-17-38)37-30(26-18-27(35)20-28(36)19-26)31(40)39(34)29(12-13-33(5,6)7)24-8-10-25(11-9-24)32(41)42-23(3)4/h8-11,18-20,22-23,29H,12-17,21H2,1-7H3/t29-/m1/s1. The van der Waals surface area contributed by atoms with Crippen LogP contribution in [0.1, 0.15) is 102 Å². The lowest BCUT2D eigenvalue weighted by Crippen LogP contribution is -2.55. The Bertz CT molecular complexity index is 1290. The molecule has 2 aromatic rings. The number of carbonyl (C=O) groups excluding carboxylic acids is 2. The maximum atomic E-state index is 14.5. The molecule has 0 unspecified atom stereocenters. The summed E-state index contributed by atoms with van der Waals surface area (Å²) in [6.07, 6.45) is 2.96. The van der Waals surface area contributed by atoms with Gasteiger partial charge in [0.1, 0.15) is 11.4 Å². The minimum absolute atomic E-state index is 0.0694. The number of nitrogens with zero attached hydrogens (tertiary/aromatic N) is 3. The van der Waals surface area contributed by atoms with Gasteiger partial charge in [0.2, 0.25) is 0 Å². The average Bonchev–Trinajstić information content (AvgIpc) is 3.16. The highest BCUT2D eigenvalue weighted by atomic mass is 35.5. The zero-order valence-electron chi connectivity index (χ0n) is 26.0. The van der Waals surface area contributed by atoms with Crippen molar-refractivity contribution in [2.45, 2.75) is 92.0 Å². The van der Waals surface area contributed by atoms with Crippen molar-refractivity contribution in [2.75, 3.05) is 19.6 Å². The van der Waals surface area contributed by atoms with Crippen LogP contribution in [0.3, 0.4) is 0 Å². The second-order valence-electron chi connectivity index (χ2n) is 13.7. The molecule has 42 heavy (non-hydrogen) atoms. The molecular formula is C34H45Cl2N3O3. The zero-order valence-corrected chi connectivity index (χ0v) is 27.6. The van der Waals surface area contributed by atoms with Gasteiger partial charge in [-0.1, -0.05) is 70.0 Å². The summed E-state index contributed by atoms with van der Waals surface area (Å²) in [6.45, 7) is 17.5. The molecule has 1 saturated heterocycles. The fourth-order valence-electron chi connectivity index (χ4n) is 6.02. The highest BCUT2D eigenvalue weighted by Crippen LogP contribution is 2.45. The summed E-state index contributed by atoms with van der Waals surface area (Å²) >= 11 is 12.8. The first-order chi connectivity index (χ1) is 19.7. The van der Waals surface area contributed by atoms with Gasteiger partial charge in [0, 0.05) is 48.1 Å². The van der Waals surface area contributed by atoms with Crippen molar-refractivity contribution < 1.29 is 14.3 Å². The average molecular weight is 615 g/mol. The number of hydrogen-bond donors (Lipinski definition) is 0. The van der Waals surface area contributed by atoms with Gasteiger partial charge >= 0.3 is 5.97 Å². The fourth-order valence-corrected chi connectivity index (χ4v) is 6.55. The van der Waals surface area contributed by atoms with Gasteiger partial charge in [0.25, 0.3) is 5.91 Å². The molecule has 2 heterocycles. The highest BCUT2D eigenvalue weighted by Gasteiger charge is 2.51. The van der Waals surface area contributed by atoms with Crippen molar-refractivity contribution in [3.63, 3.8) is 0 Å². The number of amides is 1. The van der Waals surface area contributed by atoms with Crippen molar-refractivity contribution in [3.05, 3.63) is 69.2 Å². The Balaban J connectivity index is 1.77. The number of ether oxygens (including phenoxy) is 1. The summed E-state index contributed by atoms with van der Waals surface area (Å²) in [7, 11) is 0. The van der Waals surface area contributed by atoms with E-state index in [0.717, 1.165) is 50.9 Å². The molecule has 0 aliphatic carbocycles. The van der Waals surface area contributed by atoms with Crippen molar-refractivity contribution in [1.29, 1.82) is 0 Å². The molecule has 1 fully saturated rings. The topological polar surface area (TPSA) is 62.2 Å². The number of rotatable bonds is 9. The molecular weight excluding hydrogens is 569 g/mol. The first-order valence-corrected chi connectivity index (χ1v) is 15.9. The van der Waals surface area contributed by atoms with Crippen molar-refractivity contribution in [3.8, 4) is 0 Å². The van der Waals surface area contributed by atoms with Crippen LogP contribution >= 0.6 is 23.2 Å². The molecule has 4 rings (SSSR count). The molecule has 1 atom stereocenters. The molecule has 0 radical (unpaired) electrons. The smallest absolute Gasteiger partial charge is 0.338 e. The van der Waals surface area contributed by atoms with Gasteiger partial charge in [-0.3, -0.25) is 9.79 Å². The Morgan fingerprint density at radius 3 is 2.12 bits per heavy atom. The molecule has 0 bridgehead atoms. The van der Waals surface area contributed by atoms with E-state index in [1.54, 1.807) is 30.3 Å². The molecule has 1 amide bonds. The Labute approximate surface area is 261 Å². The van der Waals surface area contributed by atoms with Gasteiger partial charge in [-0.25, -0.2) is 4.79 Å². The fraction of sp³-hybridized carbons (Fsp3) is 0.559. The molecule has 2 aliphatic rings. The van der Waals surface area contributed by atoms with E-state index in [0.29, 0.717) is 32.8 Å². The number of likely N-dealkylation sites (tertiary alicyclic amines) is 1. The third-order valence-electron chi connectivity index (χ3n) is 7.96. The first kappa shape index (κ1) is 32.5. The third kappa shape index (κ3) is 7.75. The van der Waals surface area contributed by atoms with Crippen LogP contribution in [-0.2, 0) is 9.53 Å². The monoisotopic (exact) mass is 613 g/mol. The van der Waals surface area contributed by atoms with E-state index in [1.807, 2.05) is 30.9 Å². The van der Waals surface area contributed by atoms with E-state index in [1.165, 1.54) is 0 Å². The summed E-state index contributed by atoms with van der Waals surface area (Å²) in [5.74, 6) is 0.110. The molecule has 0 saturated carbocycles. The van der Waals surface area contributed by atoms with E-state index in [-0.39, 0.29) is 29.4 Å². The number of esters is 1. The van der Waals surface area contributed by atoms with E-state index in [4.69, 9.17) is 32.9 Å². The van der Waals surface area contributed by atoms with Gasteiger partial charge in [0.15, 0.2) is 0 Å². The summed E-state index contributed by atoms with van der Waals surface area (Å²) in [5, 5.41) is 0.945. The minimum atomic E-state index is -0.674. The van der Waals surface area contributed by atoms with Gasteiger partial charge in [-0.05, 0) is 73.9 Å². The van der Waals surface area contributed by atoms with Gasteiger partial charge in [0.05, 0.1) is 17.7 Å². The summed E-state index contributed by atoms with van der Waals surface area (Å²) in [4.78, 5) is 36.9. The van der Waals surface area contributed by atoms with Gasteiger partial charge in [-0.15, -0.1) is 0 Å². The Kier molecular flexibility index (Phi) is 10.1. The quantitative estimate of drug-likeness (QED) is 0.267. The number of halogens is 2. The molecule has 0 N–H and O–H groups in total. The SMILES string of the molecule is CC(C)CN1CCC2(CC1)N=C(c1cc(Cl)cc(Cl)c1)C(=O)N2[C@H](CCC(C)(C)C)c1ccc(C(=O)OC(C)C)cc1.